The van der Waals surface area contributed by atoms with E-state index in [1.165, 1.54) is 12.8 Å². The maximum atomic E-state index is 12.1. The van der Waals surface area contributed by atoms with Gasteiger partial charge < -0.3 is 15.1 Å². The summed E-state index contributed by atoms with van der Waals surface area (Å²) >= 11 is 0. The molecular formula is C14H21NO3. The molecule has 4 nitrogen and oxygen atoms in total. The number of piperidine rings is 1. The van der Waals surface area contributed by atoms with Gasteiger partial charge in [0.05, 0.1) is 6.10 Å². The van der Waals surface area contributed by atoms with Crippen LogP contribution in [0.2, 0.25) is 0 Å². The molecule has 2 saturated heterocycles. The van der Waals surface area contributed by atoms with Gasteiger partial charge in [-0.05, 0) is 31.6 Å². The predicted molar refractivity (Wildman–Crippen MR) is 64.6 cm³/mol. The fourth-order valence-corrected chi connectivity index (χ4v) is 5.47. The summed E-state index contributed by atoms with van der Waals surface area (Å²) in [6.45, 7) is 0.452. The van der Waals surface area contributed by atoms with E-state index < -0.39 is 6.10 Å². The van der Waals surface area contributed by atoms with Crippen LogP contribution in [0.4, 0.5) is 0 Å². The van der Waals surface area contributed by atoms with Crippen LogP contribution in [0.15, 0.2) is 0 Å². The summed E-state index contributed by atoms with van der Waals surface area (Å²) in [5.41, 5.74) is 0.0558. The highest BCUT2D eigenvalue weighted by Crippen LogP contribution is 2.60. The Labute approximate surface area is 107 Å². The molecule has 0 unspecified atom stereocenters. The minimum atomic E-state index is -0.805. The van der Waals surface area contributed by atoms with Gasteiger partial charge in [-0.3, -0.25) is 4.79 Å². The first-order chi connectivity index (χ1) is 8.65. The van der Waals surface area contributed by atoms with Crippen LogP contribution in [0, 0.1) is 17.3 Å². The van der Waals surface area contributed by atoms with Crippen molar-refractivity contribution in [1.29, 1.82) is 0 Å². The molecule has 4 fully saturated rings. The SMILES string of the molecule is O=C1[C@@H](O)[C@H]2CC[C@]34CCCC[C@@H]3[C@H]2N1C[C@H]4O. The Morgan fingerprint density at radius 1 is 1.17 bits per heavy atom. The van der Waals surface area contributed by atoms with Gasteiger partial charge >= 0.3 is 0 Å². The van der Waals surface area contributed by atoms with E-state index in [0.717, 1.165) is 25.7 Å². The van der Waals surface area contributed by atoms with Gasteiger partial charge in [-0.1, -0.05) is 12.8 Å². The maximum Gasteiger partial charge on any atom is 0.252 e. The second-order valence-corrected chi connectivity index (χ2v) is 6.73. The van der Waals surface area contributed by atoms with Crippen molar-refractivity contribution >= 4 is 5.91 Å². The molecule has 4 rings (SSSR count). The lowest BCUT2D eigenvalue weighted by Crippen LogP contribution is -2.64. The molecule has 2 N–H and O–H groups in total. The van der Waals surface area contributed by atoms with Gasteiger partial charge in [-0.15, -0.1) is 0 Å². The van der Waals surface area contributed by atoms with E-state index in [2.05, 4.69) is 0 Å². The van der Waals surface area contributed by atoms with Crippen LogP contribution in [-0.2, 0) is 4.79 Å². The van der Waals surface area contributed by atoms with Gasteiger partial charge in [-0.2, -0.15) is 0 Å². The molecule has 0 aromatic rings. The first-order valence-corrected chi connectivity index (χ1v) is 7.32. The first kappa shape index (κ1) is 11.2. The third-order valence-corrected chi connectivity index (χ3v) is 6.27. The maximum absolute atomic E-state index is 12.1. The first-order valence-electron chi connectivity index (χ1n) is 7.32. The number of carbonyl (C=O) groups is 1. The standard InChI is InChI=1S/C14H21NO3/c16-10-7-15-11-8(12(17)13(15)18)4-6-14(10)5-2-1-3-9(11)14/h8-12,16-17H,1-7H2/t8-,9+,10+,11-,12-,14+/m0/s1. The van der Waals surface area contributed by atoms with Crippen molar-refractivity contribution in [3.8, 4) is 0 Å². The van der Waals surface area contributed by atoms with E-state index in [1.807, 2.05) is 0 Å². The number of nitrogens with zero attached hydrogens (tertiary/aromatic N) is 1. The summed E-state index contributed by atoms with van der Waals surface area (Å²) in [6, 6.07) is 0.213. The monoisotopic (exact) mass is 251 g/mol. The third kappa shape index (κ3) is 1.12. The predicted octanol–water partition coefficient (Wildman–Crippen LogP) is 0.519. The minimum absolute atomic E-state index is 0.0558. The van der Waals surface area contributed by atoms with Crippen LogP contribution < -0.4 is 0 Å². The fraction of sp³-hybridized carbons (Fsp3) is 0.929. The highest BCUT2D eigenvalue weighted by atomic mass is 16.3. The molecule has 2 saturated carbocycles. The van der Waals surface area contributed by atoms with Crippen LogP contribution in [0.25, 0.3) is 0 Å². The van der Waals surface area contributed by atoms with Crippen molar-refractivity contribution < 1.29 is 15.0 Å². The molecule has 1 amide bonds. The average Bonchev–Trinajstić information content (AvgIpc) is 2.65. The van der Waals surface area contributed by atoms with E-state index >= 15 is 0 Å². The highest BCUT2D eigenvalue weighted by molar-refractivity contribution is 5.84. The zero-order valence-corrected chi connectivity index (χ0v) is 10.6. The Morgan fingerprint density at radius 3 is 2.83 bits per heavy atom. The van der Waals surface area contributed by atoms with E-state index in [-0.39, 0.29) is 29.4 Å². The van der Waals surface area contributed by atoms with Crippen LogP contribution in [-0.4, -0.2) is 45.8 Å². The fourth-order valence-electron chi connectivity index (χ4n) is 5.47. The van der Waals surface area contributed by atoms with Crippen LogP contribution in [0.5, 0.6) is 0 Å². The third-order valence-electron chi connectivity index (χ3n) is 6.27. The molecule has 0 aromatic heterocycles. The summed E-state index contributed by atoms with van der Waals surface area (Å²) in [7, 11) is 0. The van der Waals surface area contributed by atoms with Crippen molar-refractivity contribution in [2.45, 2.75) is 56.8 Å². The lowest BCUT2D eigenvalue weighted by Gasteiger charge is -2.60. The van der Waals surface area contributed by atoms with Gasteiger partial charge in [0.2, 0.25) is 0 Å². The Morgan fingerprint density at radius 2 is 2.00 bits per heavy atom. The van der Waals surface area contributed by atoms with Crippen molar-refractivity contribution in [2.24, 2.45) is 17.3 Å². The lowest BCUT2D eigenvalue weighted by molar-refractivity contribution is -0.167. The second kappa shape index (κ2) is 3.48. The van der Waals surface area contributed by atoms with Crippen molar-refractivity contribution in [3.05, 3.63) is 0 Å². The number of amides is 1. The number of hydrogen-bond acceptors (Lipinski definition) is 3. The molecular weight excluding hydrogens is 230 g/mol. The number of hydrogen-bond donors (Lipinski definition) is 2. The summed E-state index contributed by atoms with van der Waals surface area (Å²) in [6.07, 6.45) is 5.37. The van der Waals surface area contributed by atoms with Crippen molar-refractivity contribution in [2.75, 3.05) is 6.54 Å². The van der Waals surface area contributed by atoms with Crippen LogP contribution in [0.1, 0.15) is 38.5 Å². The van der Waals surface area contributed by atoms with Crippen molar-refractivity contribution in [1.82, 2.24) is 4.90 Å². The normalized spacial score (nSPS) is 54.4. The zero-order valence-electron chi connectivity index (χ0n) is 10.6. The Bertz CT molecular complexity index is 399. The van der Waals surface area contributed by atoms with Gasteiger partial charge in [0.1, 0.15) is 6.10 Å². The topological polar surface area (TPSA) is 60.8 Å². The molecule has 0 spiro atoms. The van der Waals surface area contributed by atoms with Crippen molar-refractivity contribution in [3.63, 3.8) is 0 Å². The molecule has 0 aromatic carbocycles. The molecule has 2 heterocycles. The second-order valence-electron chi connectivity index (χ2n) is 6.73. The van der Waals surface area contributed by atoms with Crippen LogP contribution >= 0.6 is 0 Å². The van der Waals surface area contributed by atoms with Gasteiger partial charge in [-0.25, -0.2) is 0 Å². The molecule has 2 aliphatic carbocycles. The van der Waals surface area contributed by atoms with Crippen LogP contribution in [0.3, 0.4) is 0 Å². The van der Waals surface area contributed by atoms with E-state index in [0.29, 0.717) is 12.5 Å². The largest absolute Gasteiger partial charge is 0.391 e. The van der Waals surface area contributed by atoms with E-state index in [1.54, 1.807) is 4.90 Å². The summed E-state index contributed by atoms with van der Waals surface area (Å²) in [4.78, 5) is 13.9. The molecule has 0 radical (unpaired) electrons. The molecule has 100 valence electrons. The zero-order chi connectivity index (χ0) is 12.5. The number of carbonyl (C=O) groups excluding carboxylic acids is 1. The molecule has 4 aliphatic rings. The smallest absolute Gasteiger partial charge is 0.252 e. The highest BCUT2D eigenvalue weighted by Gasteiger charge is 2.64. The molecule has 4 heteroatoms. The lowest BCUT2D eigenvalue weighted by atomic mass is 9.51. The number of rotatable bonds is 0. The number of aliphatic hydroxyl groups is 2. The summed E-state index contributed by atoms with van der Waals surface area (Å²) < 4.78 is 0. The Kier molecular flexibility index (Phi) is 2.17. The van der Waals surface area contributed by atoms with Gasteiger partial charge in [0.15, 0.2) is 0 Å². The Balaban J connectivity index is 1.80. The average molecular weight is 251 g/mol. The van der Waals surface area contributed by atoms with E-state index in [9.17, 15) is 15.0 Å². The van der Waals surface area contributed by atoms with Gasteiger partial charge in [0, 0.05) is 23.9 Å². The quantitative estimate of drug-likeness (QED) is 0.660. The molecule has 2 bridgehead atoms. The summed E-state index contributed by atoms with van der Waals surface area (Å²) in [5, 5.41) is 20.7. The minimum Gasteiger partial charge on any atom is -0.391 e. The van der Waals surface area contributed by atoms with Gasteiger partial charge in [0.25, 0.3) is 5.91 Å². The molecule has 18 heavy (non-hydrogen) atoms. The summed E-state index contributed by atoms with van der Waals surface area (Å²) in [5.74, 6) is 0.418. The molecule has 6 atom stereocenters. The Hall–Kier alpha value is -0.610. The van der Waals surface area contributed by atoms with E-state index in [4.69, 9.17) is 0 Å². The number of aliphatic hydroxyl groups excluding tert-OH is 2. The molecule has 2 aliphatic heterocycles.